The second-order valence-electron chi connectivity index (χ2n) is 7.31. The fourth-order valence-electron chi connectivity index (χ4n) is 3.35. The number of anilines is 2. The molecule has 2 N–H and O–H groups in total. The summed E-state index contributed by atoms with van der Waals surface area (Å²) in [5.74, 6) is 0.995. The molecule has 1 aliphatic carbocycles. The first-order valence-electron chi connectivity index (χ1n) is 9.41. The van der Waals surface area contributed by atoms with Crippen molar-refractivity contribution in [1.82, 2.24) is 15.3 Å². The third-order valence-electron chi connectivity index (χ3n) is 4.89. The number of nitrogens with zero attached hydrogens (tertiary/aromatic N) is 3. The van der Waals surface area contributed by atoms with Crippen LogP contribution in [0.15, 0.2) is 30.5 Å². The van der Waals surface area contributed by atoms with Gasteiger partial charge in [0.1, 0.15) is 11.6 Å². The summed E-state index contributed by atoms with van der Waals surface area (Å²) in [6.07, 6.45) is 5.52. The van der Waals surface area contributed by atoms with Crippen LogP contribution in [0.2, 0.25) is 5.02 Å². The third kappa shape index (κ3) is 5.55. The Kier molecular flexibility index (Phi) is 6.67. The van der Waals surface area contributed by atoms with E-state index in [9.17, 15) is 9.18 Å². The second kappa shape index (κ2) is 9.19. The molecule has 0 unspecified atom stereocenters. The molecule has 1 fully saturated rings. The molecular formula is C20H25ClFN5O. The summed E-state index contributed by atoms with van der Waals surface area (Å²) in [6, 6.07) is 6.40. The molecule has 0 saturated heterocycles. The summed E-state index contributed by atoms with van der Waals surface area (Å²) >= 11 is 6.00. The molecule has 1 amide bonds. The van der Waals surface area contributed by atoms with E-state index in [1.54, 1.807) is 12.3 Å². The van der Waals surface area contributed by atoms with Gasteiger partial charge in [0.2, 0.25) is 11.9 Å². The maximum atomic E-state index is 13.1. The molecule has 0 atom stereocenters. The number of carbonyl (C=O) groups excluding carboxylic acids is 1. The minimum absolute atomic E-state index is 0.0908. The normalized spacial score (nSPS) is 19.1. The van der Waals surface area contributed by atoms with Gasteiger partial charge in [-0.25, -0.2) is 9.37 Å². The lowest BCUT2D eigenvalue weighted by Gasteiger charge is -2.29. The number of amides is 1. The van der Waals surface area contributed by atoms with E-state index in [0.29, 0.717) is 11.5 Å². The lowest BCUT2D eigenvalue weighted by atomic mass is 9.91. The van der Waals surface area contributed by atoms with E-state index < -0.39 is 5.82 Å². The quantitative estimate of drug-likeness (QED) is 0.770. The number of aromatic nitrogens is 2. The summed E-state index contributed by atoms with van der Waals surface area (Å²) in [4.78, 5) is 23.0. The van der Waals surface area contributed by atoms with Crippen LogP contribution in [-0.2, 0) is 11.2 Å². The van der Waals surface area contributed by atoms with Crippen LogP contribution >= 0.6 is 11.6 Å². The van der Waals surface area contributed by atoms with Crippen LogP contribution in [0.1, 0.15) is 31.2 Å². The van der Waals surface area contributed by atoms with Crippen molar-refractivity contribution in [3.63, 3.8) is 0 Å². The highest BCUT2D eigenvalue weighted by atomic mass is 35.5. The number of hydrogen-bond donors (Lipinski definition) is 2. The minimum atomic E-state index is -0.403. The number of hydrogen-bond acceptors (Lipinski definition) is 5. The largest absolute Gasteiger partial charge is 0.363 e. The fourth-order valence-corrected chi connectivity index (χ4v) is 3.58. The average Bonchev–Trinajstić information content (AvgIpc) is 2.66. The Morgan fingerprint density at radius 2 is 1.93 bits per heavy atom. The molecular weight excluding hydrogens is 381 g/mol. The maximum absolute atomic E-state index is 13.1. The molecule has 2 aromatic rings. The van der Waals surface area contributed by atoms with Crippen LogP contribution in [0.3, 0.4) is 0 Å². The lowest BCUT2D eigenvalue weighted by Crippen LogP contribution is -2.41. The zero-order valence-electron chi connectivity index (χ0n) is 16.1. The molecule has 1 heterocycles. The van der Waals surface area contributed by atoms with Gasteiger partial charge in [-0.15, -0.1) is 0 Å². The highest BCUT2D eigenvalue weighted by Crippen LogP contribution is 2.22. The Morgan fingerprint density at radius 1 is 1.21 bits per heavy atom. The summed E-state index contributed by atoms with van der Waals surface area (Å²) in [5, 5.41) is 6.73. The summed E-state index contributed by atoms with van der Waals surface area (Å²) in [7, 11) is 3.89. The van der Waals surface area contributed by atoms with Gasteiger partial charge in [-0.05, 0) is 49.4 Å². The molecule has 6 nitrogen and oxygen atoms in total. The summed E-state index contributed by atoms with van der Waals surface area (Å²) in [5.41, 5.74) is 0.633. The van der Waals surface area contributed by atoms with Crippen LogP contribution in [0.25, 0.3) is 0 Å². The van der Waals surface area contributed by atoms with Gasteiger partial charge in [0.05, 0.1) is 6.42 Å². The topological polar surface area (TPSA) is 70.2 Å². The number of carbonyl (C=O) groups is 1. The van der Waals surface area contributed by atoms with Crippen molar-refractivity contribution in [3.8, 4) is 0 Å². The lowest BCUT2D eigenvalue weighted by molar-refractivity contribution is -0.121. The van der Waals surface area contributed by atoms with Gasteiger partial charge in [-0.2, -0.15) is 4.98 Å². The predicted octanol–water partition coefficient (Wildman–Crippen LogP) is 3.42. The smallest absolute Gasteiger partial charge is 0.224 e. The molecule has 1 aromatic heterocycles. The first kappa shape index (κ1) is 20.3. The van der Waals surface area contributed by atoms with Gasteiger partial charge in [0.25, 0.3) is 0 Å². The molecule has 1 aliphatic rings. The van der Waals surface area contributed by atoms with E-state index in [-0.39, 0.29) is 29.4 Å². The molecule has 8 heteroatoms. The molecule has 28 heavy (non-hydrogen) atoms. The second-order valence-corrected chi connectivity index (χ2v) is 7.71. The van der Waals surface area contributed by atoms with Gasteiger partial charge in [-0.3, -0.25) is 4.79 Å². The van der Waals surface area contributed by atoms with Gasteiger partial charge in [0.15, 0.2) is 0 Å². The van der Waals surface area contributed by atoms with Gasteiger partial charge in [0, 0.05) is 37.4 Å². The molecule has 0 aliphatic heterocycles. The van der Waals surface area contributed by atoms with Crippen LogP contribution in [0, 0.1) is 5.82 Å². The van der Waals surface area contributed by atoms with E-state index in [0.717, 1.165) is 31.5 Å². The van der Waals surface area contributed by atoms with Crippen LogP contribution in [0.5, 0.6) is 0 Å². The standard InChI is InChI=1S/C20H25ClFN5O/c1-27(2)18-9-10-23-20(26-18)25-16-7-5-15(6-8-16)24-19(28)11-13-3-4-14(22)12-17(13)21/h3-4,9-10,12,15-16H,5-8,11H2,1-2H3,(H,24,28)(H,23,25,26)/t15-,16+. The van der Waals surface area contributed by atoms with Gasteiger partial charge < -0.3 is 15.5 Å². The number of halogens is 2. The van der Waals surface area contributed by atoms with E-state index in [1.165, 1.54) is 12.1 Å². The molecule has 0 spiro atoms. The molecule has 150 valence electrons. The molecule has 0 bridgehead atoms. The van der Waals surface area contributed by atoms with E-state index in [2.05, 4.69) is 20.6 Å². The van der Waals surface area contributed by atoms with Crippen molar-refractivity contribution in [2.24, 2.45) is 0 Å². The van der Waals surface area contributed by atoms with Crippen LogP contribution in [-0.4, -0.2) is 42.1 Å². The van der Waals surface area contributed by atoms with E-state index in [1.807, 2.05) is 25.1 Å². The van der Waals surface area contributed by atoms with Crippen molar-refractivity contribution in [3.05, 3.63) is 46.9 Å². The Balaban J connectivity index is 1.46. The Hall–Kier alpha value is -2.41. The van der Waals surface area contributed by atoms with Crippen molar-refractivity contribution in [1.29, 1.82) is 0 Å². The average molecular weight is 406 g/mol. The first-order chi connectivity index (χ1) is 13.4. The van der Waals surface area contributed by atoms with Gasteiger partial charge >= 0.3 is 0 Å². The fraction of sp³-hybridized carbons (Fsp3) is 0.450. The first-order valence-corrected chi connectivity index (χ1v) is 9.78. The third-order valence-corrected chi connectivity index (χ3v) is 5.24. The van der Waals surface area contributed by atoms with Gasteiger partial charge in [-0.1, -0.05) is 17.7 Å². The monoisotopic (exact) mass is 405 g/mol. The van der Waals surface area contributed by atoms with Crippen molar-refractivity contribution in [2.75, 3.05) is 24.3 Å². The summed E-state index contributed by atoms with van der Waals surface area (Å²) < 4.78 is 13.1. The molecule has 1 aromatic carbocycles. The zero-order valence-corrected chi connectivity index (χ0v) is 16.8. The highest BCUT2D eigenvalue weighted by molar-refractivity contribution is 6.31. The predicted molar refractivity (Wildman–Crippen MR) is 109 cm³/mol. The Morgan fingerprint density at radius 3 is 2.61 bits per heavy atom. The Bertz CT molecular complexity index is 824. The maximum Gasteiger partial charge on any atom is 0.224 e. The van der Waals surface area contributed by atoms with E-state index in [4.69, 9.17) is 11.6 Å². The van der Waals surface area contributed by atoms with Crippen molar-refractivity contribution < 1.29 is 9.18 Å². The zero-order chi connectivity index (χ0) is 20.1. The number of benzene rings is 1. The Labute approximate surface area is 169 Å². The summed E-state index contributed by atoms with van der Waals surface area (Å²) in [6.45, 7) is 0. The molecule has 3 rings (SSSR count). The van der Waals surface area contributed by atoms with Crippen molar-refractivity contribution >= 4 is 29.3 Å². The van der Waals surface area contributed by atoms with E-state index >= 15 is 0 Å². The minimum Gasteiger partial charge on any atom is -0.363 e. The SMILES string of the molecule is CN(C)c1ccnc(N[C@H]2CC[C@@H](NC(=O)Cc3ccc(F)cc3Cl)CC2)n1. The number of nitrogens with one attached hydrogen (secondary N) is 2. The molecule has 1 saturated carbocycles. The van der Waals surface area contributed by atoms with Crippen molar-refractivity contribution in [2.45, 2.75) is 44.2 Å². The van der Waals surface area contributed by atoms with Crippen LogP contribution in [0.4, 0.5) is 16.2 Å². The highest BCUT2D eigenvalue weighted by Gasteiger charge is 2.23. The number of rotatable bonds is 6. The van der Waals surface area contributed by atoms with Crippen LogP contribution < -0.4 is 15.5 Å². The molecule has 0 radical (unpaired) electrons.